The molecule has 3 heterocycles. The Balaban J connectivity index is 1.21. The Morgan fingerprint density at radius 1 is 1.11 bits per heavy atom. The van der Waals surface area contributed by atoms with Crippen LogP contribution < -0.4 is 15.4 Å². The van der Waals surface area contributed by atoms with Crippen LogP contribution in [0.1, 0.15) is 57.4 Å². The van der Waals surface area contributed by atoms with Crippen LogP contribution in [0.5, 0.6) is 11.5 Å². The maximum Gasteiger partial charge on any atom is 0.319 e. The Kier molecular flexibility index (Phi) is 10.2. The van der Waals surface area contributed by atoms with Crippen LogP contribution in [-0.4, -0.2) is 33.1 Å². The second kappa shape index (κ2) is 14.5. The number of urea groups is 1. The molecule has 45 heavy (non-hydrogen) atoms. The Morgan fingerprint density at radius 3 is 2.62 bits per heavy atom. The molecule has 0 aliphatic heterocycles. The van der Waals surface area contributed by atoms with Gasteiger partial charge in [-0.25, -0.2) is 9.18 Å². The van der Waals surface area contributed by atoms with E-state index in [2.05, 4.69) is 40.7 Å². The Morgan fingerprint density at radius 2 is 1.93 bits per heavy atom. The summed E-state index contributed by atoms with van der Waals surface area (Å²) >= 11 is 1.46. The SMILES string of the molecule is C=C(CCC(CCC)C(=C)CC(=O)O)Cc1ccc(-c2cc3nccc(Oc4ccc(NC(=O)NC5CC5)cc4F)c3s2)nc1. The first-order chi connectivity index (χ1) is 21.7. The van der Waals surface area contributed by atoms with Gasteiger partial charge in [-0.05, 0) is 74.3 Å². The van der Waals surface area contributed by atoms with Crippen LogP contribution in [-0.2, 0) is 11.2 Å². The van der Waals surface area contributed by atoms with E-state index in [-0.39, 0.29) is 30.2 Å². The first kappa shape index (κ1) is 31.8. The number of nitrogens with zero attached hydrogens (tertiary/aromatic N) is 2. The Bertz CT molecular complexity index is 1710. The predicted octanol–water partition coefficient (Wildman–Crippen LogP) is 8.90. The average molecular weight is 629 g/mol. The molecule has 3 aromatic heterocycles. The van der Waals surface area contributed by atoms with Gasteiger partial charge in [0.15, 0.2) is 11.6 Å². The number of aromatic nitrogens is 2. The first-order valence-corrected chi connectivity index (χ1v) is 15.9. The van der Waals surface area contributed by atoms with E-state index >= 15 is 0 Å². The molecule has 3 N–H and O–H groups in total. The summed E-state index contributed by atoms with van der Waals surface area (Å²) in [7, 11) is 0. The number of ether oxygens (including phenoxy) is 1. The summed E-state index contributed by atoms with van der Waals surface area (Å²) in [5.41, 5.74) is 4.74. The van der Waals surface area contributed by atoms with Crippen LogP contribution in [0, 0.1) is 11.7 Å². The van der Waals surface area contributed by atoms with Crippen LogP contribution in [0.25, 0.3) is 20.8 Å². The van der Waals surface area contributed by atoms with E-state index in [1.807, 2.05) is 24.4 Å². The quantitative estimate of drug-likeness (QED) is 0.113. The number of carboxylic acid groups (broad SMARTS) is 1. The molecule has 0 radical (unpaired) electrons. The van der Waals surface area contributed by atoms with Gasteiger partial charge in [0.1, 0.15) is 5.75 Å². The third kappa shape index (κ3) is 8.76. The number of benzene rings is 1. The normalized spacial score (nSPS) is 13.3. The highest BCUT2D eigenvalue weighted by atomic mass is 32.1. The minimum Gasteiger partial charge on any atom is -0.481 e. The van der Waals surface area contributed by atoms with Gasteiger partial charge in [0, 0.05) is 36.3 Å². The molecule has 5 rings (SSSR count). The van der Waals surface area contributed by atoms with E-state index in [4.69, 9.17) is 9.84 Å². The summed E-state index contributed by atoms with van der Waals surface area (Å²) in [6.07, 6.45) is 9.63. The fourth-order valence-electron chi connectivity index (χ4n) is 5.15. The maximum atomic E-state index is 14.9. The highest BCUT2D eigenvalue weighted by Crippen LogP contribution is 2.39. The molecule has 234 valence electrons. The summed E-state index contributed by atoms with van der Waals surface area (Å²) in [4.78, 5) is 33.2. The zero-order valence-electron chi connectivity index (χ0n) is 25.3. The number of rotatable bonds is 15. The second-order valence-electron chi connectivity index (χ2n) is 11.5. The van der Waals surface area contributed by atoms with Crippen molar-refractivity contribution < 1.29 is 23.8 Å². The number of carbonyl (C=O) groups is 2. The van der Waals surface area contributed by atoms with Crippen molar-refractivity contribution in [1.82, 2.24) is 15.3 Å². The van der Waals surface area contributed by atoms with Gasteiger partial charge >= 0.3 is 12.0 Å². The standard InChI is InChI=1S/C35H37FN4O4S/c1-4-5-24(22(3)17-33(41)42)8-6-21(2)16-23-7-12-28(38-20-23)32-19-29-34(45-32)31(14-15-37-29)44-30-13-11-26(18-27(30)36)40-35(43)39-25-9-10-25/h7,11-15,18-20,24-25H,2-6,8-10,16-17H2,1H3,(H,41,42)(H2,39,40,43). The molecule has 2 amide bonds. The molecule has 0 saturated heterocycles. The number of hydrogen-bond donors (Lipinski definition) is 3. The van der Waals surface area contributed by atoms with Crippen molar-refractivity contribution in [3.63, 3.8) is 0 Å². The molecule has 0 spiro atoms. The van der Waals surface area contributed by atoms with Crippen LogP contribution in [0.4, 0.5) is 14.9 Å². The summed E-state index contributed by atoms with van der Waals surface area (Å²) < 4.78 is 21.6. The number of aliphatic carboxylic acids is 1. The van der Waals surface area contributed by atoms with Crippen LogP contribution >= 0.6 is 11.3 Å². The number of allylic oxidation sites excluding steroid dienone is 1. The number of halogens is 1. The highest BCUT2D eigenvalue weighted by Gasteiger charge is 2.23. The molecular formula is C35H37FN4O4S. The van der Waals surface area contributed by atoms with Crippen molar-refractivity contribution in [1.29, 1.82) is 0 Å². The van der Waals surface area contributed by atoms with Crippen molar-refractivity contribution in [3.05, 3.63) is 90.5 Å². The van der Waals surface area contributed by atoms with E-state index < -0.39 is 11.8 Å². The van der Waals surface area contributed by atoms with Gasteiger partial charge in [-0.15, -0.1) is 11.3 Å². The van der Waals surface area contributed by atoms with E-state index in [0.717, 1.165) is 70.5 Å². The lowest BCUT2D eigenvalue weighted by molar-refractivity contribution is -0.136. The topological polar surface area (TPSA) is 113 Å². The number of nitrogens with one attached hydrogen (secondary N) is 2. The molecule has 1 atom stereocenters. The lowest BCUT2D eigenvalue weighted by Gasteiger charge is -2.18. The number of thiophene rings is 1. The molecule has 1 unspecified atom stereocenters. The van der Waals surface area contributed by atoms with E-state index in [1.165, 1.54) is 23.5 Å². The number of carboxylic acids is 1. The molecule has 1 aliphatic rings. The number of pyridine rings is 2. The van der Waals surface area contributed by atoms with Gasteiger partial charge in [-0.2, -0.15) is 0 Å². The van der Waals surface area contributed by atoms with Crippen molar-refractivity contribution in [2.75, 3.05) is 5.32 Å². The minimum atomic E-state index is -0.840. The Hall–Kier alpha value is -4.57. The molecule has 8 nitrogen and oxygen atoms in total. The van der Waals surface area contributed by atoms with Gasteiger partial charge in [0.2, 0.25) is 0 Å². The summed E-state index contributed by atoms with van der Waals surface area (Å²) in [5, 5.41) is 14.6. The van der Waals surface area contributed by atoms with Crippen LogP contribution in [0.3, 0.4) is 0 Å². The van der Waals surface area contributed by atoms with Gasteiger partial charge in [0.05, 0.1) is 27.2 Å². The van der Waals surface area contributed by atoms with Crippen molar-refractivity contribution >= 4 is 39.2 Å². The number of hydrogen-bond acceptors (Lipinski definition) is 6. The lowest BCUT2D eigenvalue weighted by Crippen LogP contribution is -2.30. The third-order valence-electron chi connectivity index (χ3n) is 7.67. The van der Waals surface area contributed by atoms with Gasteiger partial charge in [-0.1, -0.05) is 43.7 Å². The summed E-state index contributed by atoms with van der Waals surface area (Å²) in [5.74, 6) is -0.738. The van der Waals surface area contributed by atoms with Crippen LogP contribution in [0.2, 0.25) is 0 Å². The fourth-order valence-corrected chi connectivity index (χ4v) is 6.19. The largest absolute Gasteiger partial charge is 0.481 e. The number of fused-ring (bicyclic) bond motifs is 1. The zero-order chi connectivity index (χ0) is 31.9. The smallest absolute Gasteiger partial charge is 0.319 e. The van der Waals surface area contributed by atoms with E-state index in [1.54, 1.807) is 18.3 Å². The maximum absolute atomic E-state index is 14.9. The monoisotopic (exact) mass is 628 g/mol. The molecule has 1 fully saturated rings. The van der Waals surface area contributed by atoms with Crippen molar-refractivity contribution in [2.24, 2.45) is 5.92 Å². The van der Waals surface area contributed by atoms with Crippen molar-refractivity contribution in [2.45, 2.75) is 64.3 Å². The molecule has 10 heteroatoms. The minimum absolute atomic E-state index is 0.00660. The molecular weight excluding hydrogens is 591 g/mol. The summed E-state index contributed by atoms with van der Waals surface area (Å²) in [6.45, 7) is 10.4. The lowest BCUT2D eigenvalue weighted by atomic mass is 9.87. The van der Waals surface area contributed by atoms with Gasteiger partial charge < -0.3 is 20.5 Å². The molecule has 4 aromatic rings. The number of carbonyl (C=O) groups excluding carboxylic acids is 1. The van der Waals surface area contributed by atoms with Crippen molar-refractivity contribution in [3.8, 4) is 22.1 Å². The molecule has 1 aromatic carbocycles. The predicted molar refractivity (Wildman–Crippen MR) is 176 cm³/mol. The van der Waals surface area contributed by atoms with Gasteiger partial charge in [0.25, 0.3) is 0 Å². The van der Waals surface area contributed by atoms with Gasteiger partial charge in [-0.3, -0.25) is 14.8 Å². The fraction of sp³-hybridized carbons (Fsp3) is 0.314. The summed E-state index contributed by atoms with van der Waals surface area (Å²) in [6, 6.07) is 11.8. The second-order valence-corrected chi connectivity index (χ2v) is 12.5. The zero-order valence-corrected chi connectivity index (χ0v) is 26.1. The Labute approximate surface area is 266 Å². The molecule has 1 aliphatic carbocycles. The first-order valence-electron chi connectivity index (χ1n) is 15.1. The van der Waals surface area contributed by atoms with E-state index in [0.29, 0.717) is 23.4 Å². The highest BCUT2D eigenvalue weighted by molar-refractivity contribution is 7.22. The number of anilines is 1. The molecule has 1 saturated carbocycles. The number of amides is 2. The average Bonchev–Trinajstić information content (AvgIpc) is 3.70. The molecule has 0 bridgehead atoms. The van der Waals surface area contributed by atoms with Crippen LogP contribution in [0.15, 0.2) is 79.2 Å². The third-order valence-corrected chi connectivity index (χ3v) is 8.83. The van der Waals surface area contributed by atoms with E-state index in [9.17, 15) is 14.0 Å².